The van der Waals surface area contributed by atoms with Gasteiger partial charge in [0.05, 0.1) is 71.9 Å². The molecule has 12 heteroatoms. The number of nitro groups is 1. The highest BCUT2D eigenvalue weighted by Crippen LogP contribution is 2.41. The number of halogens is 1. The zero-order valence-electron chi connectivity index (χ0n) is 25.1. The molecule has 2 aliphatic rings. The SMILES string of the molecule is COC(=O)C1=C(c2cccc([N+](=O)[O-])c2)C(C(=O)OCCCOc2ccc(CCOC3CCCCO3)cc2)=C(C)N(I)C1C. The monoisotopic (exact) mass is 720 g/mol. The fourth-order valence-corrected chi connectivity index (χ4v) is 5.65. The number of carbonyl (C=O) groups excluding carboxylic acids is 2. The Morgan fingerprint density at radius 2 is 1.86 bits per heavy atom. The van der Waals surface area contributed by atoms with Gasteiger partial charge >= 0.3 is 11.9 Å². The van der Waals surface area contributed by atoms with Crippen LogP contribution in [0.3, 0.4) is 0 Å². The molecule has 236 valence electrons. The third-order valence-corrected chi connectivity index (χ3v) is 9.02. The highest BCUT2D eigenvalue weighted by molar-refractivity contribution is 14.1. The van der Waals surface area contributed by atoms with Crippen molar-refractivity contribution in [3.05, 3.63) is 86.6 Å². The fraction of sp³-hybridized carbons (Fsp3) is 0.438. The highest BCUT2D eigenvalue weighted by atomic mass is 127. The number of allylic oxidation sites excluding steroid dienone is 1. The number of hydrogen-bond acceptors (Lipinski definition) is 10. The van der Waals surface area contributed by atoms with Crippen molar-refractivity contribution in [1.29, 1.82) is 0 Å². The van der Waals surface area contributed by atoms with Gasteiger partial charge in [-0.15, -0.1) is 0 Å². The van der Waals surface area contributed by atoms with Gasteiger partial charge in [-0.3, -0.25) is 10.1 Å². The average molecular weight is 721 g/mol. The summed E-state index contributed by atoms with van der Waals surface area (Å²) in [6.45, 7) is 5.29. The molecule has 2 aliphatic heterocycles. The second-order valence-electron chi connectivity index (χ2n) is 10.4. The first kappa shape index (κ1) is 33.4. The second kappa shape index (κ2) is 16.0. The maximum absolute atomic E-state index is 13.5. The van der Waals surface area contributed by atoms with Crippen LogP contribution in [-0.2, 0) is 35.0 Å². The van der Waals surface area contributed by atoms with E-state index in [1.165, 1.54) is 25.3 Å². The lowest BCUT2D eigenvalue weighted by molar-refractivity contribution is -0.384. The fourth-order valence-electron chi connectivity index (χ4n) is 5.13. The van der Waals surface area contributed by atoms with Gasteiger partial charge in [-0.1, -0.05) is 24.3 Å². The van der Waals surface area contributed by atoms with Gasteiger partial charge in [0.15, 0.2) is 6.29 Å². The Morgan fingerprint density at radius 3 is 2.55 bits per heavy atom. The summed E-state index contributed by atoms with van der Waals surface area (Å²) in [5.74, 6) is -0.580. The molecular formula is C32H37IN2O9. The molecule has 4 rings (SSSR count). The molecule has 2 aromatic rings. The van der Waals surface area contributed by atoms with E-state index >= 15 is 0 Å². The normalized spacial score (nSPS) is 18.7. The minimum absolute atomic E-state index is 0.0703. The summed E-state index contributed by atoms with van der Waals surface area (Å²) < 4.78 is 29.7. The standard InChI is InChI=1S/C32H37IN2O9/c1-21-28(31(36)40-3)30(24-8-6-9-25(20-24)35(38)39)29(22(2)34(21)33)32(37)44-18-7-17-41-26-13-11-23(12-14-26)15-19-43-27-10-4-5-16-42-27/h6,8-9,11-14,20-21,27H,4-5,7,10,15-19H2,1-3H3. The minimum Gasteiger partial charge on any atom is -0.493 e. The Balaban J connectivity index is 1.36. The van der Waals surface area contributed by atoms with Gasteiger partial charge in [0.25, 0.3) is 5.69 Å². The lowest BCUT2D eigenvalue weighted by Crippen LogP contribution is -2.36. The van der Waals surface area contributed by atoms with Crippen molar-refractivity contribution in [2.24, 2.45) is 0 Å². The molecule has 0 N–H and O–H groups in total. The van der Waals surface area contributed by atoms with Crippen molar-refractivity contribution in [2.75, 3.05) is 33.5 Å². The topological polar surface area (TPSA) is 127 Å². The number of esters is 2. The summed E-state index contributed by atoms with van der Waals surface area (Å²) in [4.78, 5) is 37.4. The number of carbonyl (C=O) groups is 2. The Bertz CT molecular complexity index is 1400. The van der Waals surface area contributed by atoms with Crippen LogP contribution >= 0.6 is 22.9 Å². The average Bonchev–Trinajstić information content (AvgIpc) is 3.04. The number of benzene rings is 2. The van der Waals surface area contributed by atoms with Gasteiger partial charge in [-0.05, 0) is 62.8 Å². The van der Waals surface area contributed by atoms with E-state index in [4.69, 9.17) is 23.7 Å². The van der Waals surface area contributed by atoms with Crippen molar-refractivity contribution in [3.63, 3.8) is 0 Å². The van der Waals surface area contributed by atoms with E-state index in [-0.39, 0.29) is 35.3 Å². The Hall–Kier alpha value is -3.49. The molecule has 0 aliphatic carbocycles. The molecule has 2 atom stereocenters. The molecule has 0 saturated carbocycles. The van der Waals surface area contributed by atoms with Crippen LogP contribution in [0.1, 0.15) is 50.7 Å². The largest absolute Gasteiger partial charge is 0.493 e. The van der Waals surface area contributed by atoms with E-state index in [1.54, 1.807) is 23.0 Å². The number of rotatable bonds is 13. The zero-order chi connectivity index (χ0) is 31.6. The molecule has 11 nitrogen and oxygen atoms in total. The van der Waals surface area contributed by atoms with Gasteiger partial charge in [0.2, 0.25) is 0 Å². The van der Waals surface area contributed by atoms with Crippen LogP contribution in [0.2, 0.25) is 0 Å². The minimum atomic E-state index is -0.649. The van der Waals surface area contributed by atoms with Crippen molar-refractivity contribution in [3.8, 4) is 5.75 Å². The molecule has 44 heavy (non-hydrogen) atoms. The first-order valence-electron chi connectivity index (χ1n) is 14.6. The van der Waals surface area contributed by atoms with Crippen molar-refractivity contribution in [1.82, 2.24) is 3.11 Å². The second-order valence-corrected chi connectivity index (χ2v) is 11.5. The maximum atomic E-state index is 13.5. The number of nitrogens with zero attached hydrogens (tertiary/aromatic N) is 2. The number of ether oxygens (including phenoxy) is 5. The summed E-state index contributed by atoms with van der Waals surface area (Å²) in [5, 5.41) is 11.5. The van der Waals surface area contributed by atoms with Crippen LogP contribution < -0.4 is 4.74 Å². The van der Waals surface area contributed by atoms with Gasteiger partial charge < -0.3 is 26.8 Å². The number of methoxy groups -OCH3 is 1. The molecular weight excluding hydrogens is 683 g/mol. The lowest BCUT2D eigenvalue weighted by Gasteiger charge is -2.34. The van der Waals surface area contributed by atoms with Gasteiger partial charge in [-0.25, -0.2) is 9.59 Å². The van der Waals surface area contributed by atoms with Crippen molar-refractivity contribution in [2.45, 2.75) is 58.3 Å². The Morgan fingerprint density at radius 1 is 1.09 bits per heavy atom. The Kier molecular flexibility index (Phi) is 12.1. The van der Waals surface area contributed by atoms with E-state index in [2.05, 4.69) is 0 Å². The van der Waals surface area contributed by atoms with Crippen molar-refractivity contribution >= 4 is 46.1 Å². The van der Waals surface area contributed by atoms with E-state index in [1.807, 2.05) is 47.1 Å². The quantitative estimate of drug-likeness (QED) is 0.0612. The summed E-state index contributed by atoms with van der Waals surface area (Å²) in [6.07, 6.45) is 4.29. The molecule has 0 aromatic heterocycles. The summed E-state index contributed by atoms with van der Waals surface area (Å²) in [7, 11) is 1.25. The molecule has 2 heterocycles. The molecule has 0 amide bonds. The summed E-state index contributed by atoms with van der Waals surface area (Å²) >= 11 is 2.03. The van der Waals surface area contributed by atoms with Gasteiger partial charge in [0, 0.05) is 36.4 Å². The third-order valence-electron chi connectivity index (χ3n) is 7.46. The first-order valence-corrected chi connectivity index (χ1v) is 15.5. The van der Waals surface area contributed by atoms with Crippen LogP contribution in [0, 0.1) is 10.1 Å². The van der Waals surface area contributed by atoms with Crippen molar-refractivity contribution < 1.29 is 38.2 Å². The lowest BCUT2D eigenvalue weighted by atomic mass is 9.85. The molecule has 1 saturated heterocycles. The smallest absolute Gasteiger partial charge is 0.340 e. The van der Waals surface area contributed by atoms with Gasteiger partial charge in [-0.2, -0.15) is 0 Å². The molecule has 2 unspecified atom stereocenters. The first-order chi connectivity index (χ1) is 21.2. The van der Waals surface area contributed by atoms with E-state index in [0.717, 1.165) is 37.9 Å². The number of hydrogen-bond donors (Lipinski definition) is 0. The third kappa shape index (κ3) is 8.36. The molecule has 2 aromatic carbocycles. The van der Waals surface area contributed by atoms with Gasteiger partial charge in [0.1, 0.15) is 5.75 Å². The molecule has 0 bridgehead atoms. The predicted molar refractivity (Wildman–Crippen MR) is 171 cm³/mol. The summed E-state index contributed by atoms with van der Waals surface area (Å²) in [5.41, 5.74) is 2.50. The van der Waals surface area contributed by atoms with E-state index in [9.17, 15) is 19.7 Å². The predicted octanol–water partition coefficient (Wildman–Crippen LogP) is 5.95. The van der Waals surface area contributed by atoms with E-state index in [0.29, 0.717) is 36.6 Å². The molecule has 0 spiro atoms. The molecule has 0 radical (unpaired) electrons. The van der Waals surface area contributed by atoms with Crippen LogP contribution in [0.15, 0.2) is 65.4 Å². The maximum Gasteiger partial charge on any atom is 0.340 e. The molecule has 1 fully saturated rings. The number of non-ortho nitro benzene ring substituents is 1. The van der Waals surface area contributed by atoms with E-state index < -0.39 is 22.9 Å². The Labute approximate surface area is 270 Å². The van der Waals surface area contributed by atoms with Crippen LogP contribution in [0.25, 0.3) is 5.57 Å². The zero-order valence-corrected chi connectivity index (χ0v) is 27.2. The summed E-state index contributed by atoms with van der Waals surface area (Å²) in [6, 6.07) is 13.1. The highest BCUT2D eigenvalue weighted by Gasteiger charge is 2.38. The van der Waals surface area contributed by atoms with Crippen LogP contribution in [0.5, 0.6) is 5.75 Å². The van der Waals surface area contributed by atoms with Crippen LogP contribution in [-0.4, -0.2) is 65.8 Å². The van der Waals surface area contributed by atoms with Crippen LogP contribution in [0.4, 0.5) is 5.69 Å². The number of nitro benzene ring substituents is 1.